The molecular weight excluding hydrogens is 188 g/mol. The molecule has 2 aromatic heterocycles. The summed E-state index contributed by atoms with van der Waals surface area (Å²) in [6.45, 7) is 0. The van der Waals surface area contributed by atoms with Gasteiger partial charge in [-0.1, -0.05) is 18.2 Å². The number of rotatable bonds is 1. The molecule has 3 heteroatoms. The molecule has 3 nitrogen and oxygen atoms in total. The van der Waals surface area contributed by atoms with E-state index >= 15 is 0 Å². The van der Waals surface area contributed by atoms with Gasteiger partial charge in [-0.25, -0.2) is 4.98 Å². The Bertz CT molecular complexity index is 574. The minimum atomic E-state index is 0.862. The van der Waals surface area contributed by atoms with Gasteiger partial charge >= 0.3 is 0 Å². The smallest absolute Gasteiger partial charge is 0.176 e. The molecule has 74 valence electrons. The normalized spacial score (nSPS) is 11.0. The Balaban J connectivity index is 2.62. The van der Waals surface area contributed by atoms with Crippen LogP contribution in [0.25, 0.3) is 21.9 Å². The summed E-state index contributed by atoms with van der Waals surface area (Å²) in [4.78, 5) is 9.66. The molecule has 0 atom stereocenters. The summed E-state index contributed by atoms with van der Waals surface area (Å²) in [5.74, 6) is 0. The van der Waals surface area contributed by atoms with E-state index in [2.05, 4.69) is 17.1 Å². The van der Waals surface area contributed by atoms with Crippen LogP contribution in [0.15, 0.2) is 42.6 Å². The van der Waals surface area contributed by atoms with Gasteiger partial charge in [0.25, 0.3) is 0 Å². The van der Waals surface area contributed by atoms with Gasteiger partial charge in [0.2, 0.25) is 0 Å². The van der Waals surface area contributed by atoms with Crippen molar-refractivity contribution in [2.45, 2.75) is 0 Å². The fourth-order valence-corrected chi connectivity index (χ4v) is 1.95. The second-order valence-corrected chi connectivity index (χ2v) is 3.37. The number of hydrogen-bond acceptors (Lipinski definition) is 2. The predicted molar refractivity (Wildman–Crippen MR) is 59.7 cm³/mol. The second-order valence-electron chi connectivity index (χ2n) is 3.37. The van der Waals surface area contributed by atoms with Gasteiger partial charge in [0.05, 0.1) is 5.52 Å². The highest BCUT2D eigenvalue weighted by molar-refractivity contribution is 6.06. The van der Waals surface area contributed by atoms with E-state index in [0.717, 1.165) is 16.6 Å². The lowest BCUT2D eigenvalue weighted by Gasteiger charge is -2.01. The van der Waals surface area contributed by atoms with Crippen LogP contribution in [0.5, 0.6) is 0 Å². The molecular formula is C12H10N2O. The number of hydrogen-bond donors (Lipinski definition) is 0. The highest BCUT2D eigenvalue weighted by Gasteiger charge is 2.09. The molecule has 0 fully saturated rings. The maximum atomic E-state index is 5.33. The van der Waals surface area contributed by atoms with E-state index in [1.165, 1.54) is 5.39 Å². The summed E-state index contributed by atoms with van der Waals surface area (Å²) in [6, 6.07) is 12.1. The quantitative estimate of drug-likeness (QED) is 0.599. The fourth-order valence-electron chi connectivity index (χ4n) is 1.95. The van der Waals surface area contributed by atoms with Gasteiger partial charge in [-0.3, -0.25) is 0 Å². The summed E-state index contributed by atoms with van der Waals surface area (Å²) in [7, 11) is 1.65. The molecule has 0 saturated carbocycles. The lowest BCUT2D eigenvalue weighted by Crippen LogP contribution is -2.05. The summed E-state index contributed by atoms with van der Waals surface area (Å²) >= 11 is 0. The van der Waals surface area contributed by atoms with Crippen molar-refractivity contribution in [2.75, 3.05) is 7.11 Å². The Kier molecular flexibility index (Phi) is 1.65. The van der Waals surface area contributed by atoms with Crippen LogP contribution in [-0.2, 0) is 0 Å². The van der Waals surface area contributed by atoms with Crippen LogP contribution in [0.4, 0.5) is 0 Å². The minimum absolute atomic E-state index is 0.862. The molecule has 2 heterocycles. The van der Waals surface area contributed by atoms with Crippen LogP contribution < -0.4 is 4.84 Å². The molecule has 1 aromatic carbocycles. The zero-order valence-corrected chi connectivity index (χ0v) is 8.34. The number of fused-ring (bicyclic) bond motifs is 3. The number of nitrogens with zero attached hydrogens (tertiary/aromatic N) is 2. The standard InChI is InChI=1S/C12H10N2O/c1-15-14-11-7-3-2-5-9(11)10-6-4-8-13-12(10)14/h2-8H,1H3. The molecule has 0 aliphatic heterocycles. The first-order valence-corrected chi connectivity index (χ1v) is 4.80. The van der Waals surface area contributed by atoms with E-state index in [4.69, 9.17) is 4.84 Å². The van der Waals surface area contributed by atoms with Crippen LogP contribution >= 0.6 is 0 Å². The van der Waals surface area contributed by atoms with Crippen LogP contribution in [-0.4, -0.2) is 16.8 Å². The molecule has 3 rings (SSSR count). The largest absolute Gasteiger partial charge is 0.415 e. The van der Waals surface area contributed by atoms with Crippen LogP contribution in [0.2, 0.25) is 0 Å². The second kappa shape index (κ2) is 2.98. The lowest BCUT2D eigenvalue weighted by atomic mass is 10.2. The third-order valence-electron chi connectivity index (χ3n) is 2.57. The molecule has 0 spiro atoms. The van der Waals surface area contributed by atoms with E-state index in [1.54, 1.807) is 18.0 Å². The SMILES string of the molecule is COn1c2ccccc2c2cccnc21. The monoisotopic (exact) mass is 198 g/mol. The highest BCUT2D eigenvalue weighted by atomic mass is 16.6. The van der Waals surface area contributed by atoms with Crippen molar-refractivity contribution in [3.63, 3.8) is 0 Å². The molecule has 15 heavy (non-hydrogen) atoms. The van der Waals surface area contributed by atoms with Gasteiger partial charge in [0.1, 0.15) is 7.11 Å². The Labute approximate surface area is 86.9 Å². The molecule has 0 N–H and O–H groups in total. The number of aromatic nitrogens is 2. The summed E-state index contributed by atoms with van der Waals surface area (Å²) < 4.78 is 1.75. The molecule has 3 aromatic rings. The molecule has 0 aliphatic carbocycles. The molecule has 0 radical (unpaired) electrons. The summed E-state index contributed by atoms with van der Waals surface area (Å²) in [5.41, 5.74) is 1.91. The third-order valence-corrected chi connectivity index (χ3v) is 2.57. The van der Waals surface area contributed by atoms with Crippen molar-refractivity contribution in [3.8, 4) is 0 Å². The Morgan fingerprint density at radius 2 is 1.87 bits per heavy atom. The van der Waals surface area contributed by atoms with Gasteiger partial charge in [-0.05, 0) is 18.2 Å². The Morgan fingerprint density at radius 1 is 1.07 bits per heavy atom. The average Bonchev–Trinajstić information content (AvgIpc) is 2.63. The molecule has 0 saturated heterocycles. The van der Waals surface area contributed by atoms with E-state index in [0.29, 0.717) is 0 Å². The maximum absolute atomic E-state index is 5.33. The van der Waals surface area contributed by atoms with Gasteiger partial charge in [-0.15, -0.1) is 0 Å². The van der Waals surface area contributed by atoms with Crippen molar-refractivity contribution < 1.29 is 4.84 Å². The van der Waals surface area contributed by atoms with E-state index in [-0.39, 0.29) is 0 Å². The van der Waals surface area contributed by atoms with Gasteiger partial charge in [-0.2, -0.15) is 4.73 Å². The predicted octanol–water partition coefficient (Wildman–Crippen LogP) is 2.25. The van der Waals surface area contributed by atoms with E-state index < -0.39 is 0 Å². The highest BCUT2D eigenvalue weighted by Crippen LogP contribution is 2.25. The molecule has 0 unspecified atom stereocenters. The van der Waals surface area contributed by atoms with Crippen molar-refractivity contribution in [2.24, 2.45) is 0 Å². The van der Waals surface area contributed by atoms with Crippen molar-refractivity contribution >= 4 is 21.9 Å². The molecule has 0 bridgehead atoms. The number of benzene rings is 1. The summed E-state index contributed by atoms with van der Waals surface area (Å²) in [5, 5.41) is 2.29. The van der Waals surface area contributed by atoms with Crippen LogP contribution in [0, 0.1) is 0 Å². The number of pyridine rings is 1. The van der Waals surface area contributed by atoms with Gasteiger partial charge in [0.15, 0.2) is 5.65 Å². The zero-order valence-electron chi connectivity index (χ0n) is 8.34. The van der Waals surface area contributed by atoms with E-state index in [9.17, 15) is 0 Å². The summed E-state index contributed by atoms with van der Waals surface area (Å²) in [6.07, 6.45) is 1.77. The number of para-hydroxylation sites is 1. The first-order valence-electron chi connectivity index (χ1n) is 4.80. The van der Waals surface area contributed by atoms with Gasteiger partial charge in [0, 0.05) is 17.0 Å². The topological polar surface area (TPSA) is 27.1 Å². The average molecular weight is 198 g/mol. The fraction of sp³-hybridized carbons (Fsp3) is 0.0833. The van der Waals surface area contributed by atoms with Crippen LogP contribution in [0.3, 0.4) is 0 Å². The maximum Gasteiger partial charge on any atom is 0.176 e. The first-order chi connectivity index (χ1) is 7.42. The lowest BCUT2D eigenvalue weighted by molar-refractivity contribution is 0.188. The Hall–Kier alpha value is -2.03. The van der Waals surface area contributed by atoms with Crippen LogP contribution in [0.1, 0.15) is 0 Å². The first kappa shape index (κ1) is 8.29. The van der Waals surface area contributed by atoms with Crippen molar-refractivity contribution in [1.29, 1.82) is 0 Å². The minimum Gasteiger partial charge on any atom is -0.415 e. The molecule has 0 aliphatic rings. The van der Waals surface area contributed by atoms with Crippen molar-refractivity contribution in [1.82, 2.24) is 9.71 Å². The molecule has 0 amide bonds. The third kappa shape index (κ3) is 1.03. The zero-order chi connectivity index (χ0) is 10.3. The van der Waals surface area contributed by atoms with Gasteiger partial charge < -0.3 is 4.84 Å². The Morgan fingerprint density at radius 3 is 2.73 bits per heavy atom. The van der Waals surface area contributed by atoms with E-state index in [1.807, 2.05) is 24.3 Å². The van der Waals surface area contributed by atoms with Crippen molar-refractivity contribution in [3.05, 3.63) is 42.6 Å².